The summed E-state index contributed by atoms with van der Waals surface area (Å²) in [5, 5.41) is 11.5. The largest absolute Gasteiger partial charge is 0.497 e. The molecule has 0 bridgehead atoms. The Balaban J connectivity index is 1.91. The second-order valence-electron chi connectivity index (χ2n) is 4.13. The molecule has 21 heavy (non-hydrogen) atoms. The summed E-state index contributed by atoms with van der Waals surface area (Å²) in [6.45, 7) is 0. The highest BCUT2D eigenvalue weighted by atomic mass is 16.5. The molecule has 0 aliphatic rings. The van der Waals surface area contributed by atoms with Crippen molar-refractivity contribution in [3.05, 3.63) is 54.1 Å². The van der Waals surface area contributed by atoms with E-state index in [1.807, 2.05) is 6.07 Å². The Morgan fingerprint density at radius 3 is 2.67 bits per heavy atom. The maximum absolute atomic E-state index is 11.7. The van der Waals surface area contributed by atoms with Gasteiger partial charge in [-0.15, -0.1) is 0 Å². The quantitative estimate of drug-likeness (QED) is 0.752. The van der Waals surface area contributed by atoms with Gasteiger partial charge >= 0.3 is 6.03 Å². The summed E-state index contributed by atoms with van der Waals surface area (Å²) < 4.78 is 5.07. The van der Waals surface area contributed by atoms with E-state index in [0.29, 0.717) is 22.7 Å². The van der Waals surface area contributed by atoms with Crippen molar-refractivity contribution in [1.82, 2.24) is 5.43 Å². The number of anilines is 2. The van der Waals surface area contributed by atoms with Gasteiger partial charge in [-0.05, 0) is 30.3 Å². The zero-order valence-electron chi connectivity index (χ0n) is 11.4. The minimum Gasteiger partial charge on any atom is -0.497 e. The molecule has 0 aliphatic heterocycles. The van der Waals surface area contributed by atoms with Crippen LogP contribution in [0.2, 0.25) is 0 Å². The predicted molar refractivity (Wildman–Crippen MR) is 79.9 cm³/mol. The lowest BCUT2D eigenvalue weighted by molar-refractivity contribution is 0.254. The van der Waals surface area contributed by atoms with Gasteiger partial charge in [0.05, 0.1) is 24.4 Å². The zero-order valence-corrected chi connectivity index (χ0v) is 11.4. The van der Waals surface area contributed by atoms with Gasteiger partial charge in [-0.3, -0.25) is 10.9 Å². The second-order valence-corrected chi connectivity index (χ2v) is 4.13. The molecule has 0 saturated heterocycles. The Bertz CT molecular complexity index is 679. The summed E-state index contributed by atoms with van der Waals surface area (Å²) >= 11 is 0. The summed E-state index contributed by atoms with van der Waals surface area (Å²) in [5.41, 5.74) is 6.95. The van der Waals surface area contributed by atoms with Crippen LogP contribution in [-0.4, -0.2) is 13.1 Å². The van der Waals surface area contributed by atoms with Crippen molar-refractivity contribution in [1.29, 1.82) is 5.26 Å². The maximum atomic E-state index is 11.7. The Kier molecular flexibility index (Phi) is 4.62. The summed E-state index contributed by atoms with van der Waals surface area (Å²) in [7, 11) is 1.56. The monoisotopic (exact) mass is 282 g/mol. The van der Waals surface area contributed by atoms with E-state index in [2.05, 4.69) is 16.2 Å². The van der Waals surface area contributed by atoms with E-state index in [1.54, 1.807) is 55.6 Å². The van der Waals surface area contributed by atoms with Crippen LogP contribution in [-0.2, 0) is 0 Å². The normalized spacial score (nSPS) is 9.33. The molecule has 2 amide bonds. The minimum atomic E-state index is -0.425. The molecule has 2 rings (SSSR count). The van der Waals surface area contributed by atoms with Crippen molar-refractivity contribution in [3.8, 4) is 11.8 Å². The topological polar surface area (TPSA) is 86.2 Å². The average molecular weight is 282 g/mol. The van der Waals surface area contributed by atoms with E-state index in [1.165, 1.54) is 0 Å². The van der Waals surface area contributed by atoms with Crippen LogP contribution in [0.25, 0.3) is 0 Å². The van der Waals surface area contributed by atoms with Crippen molar-refractivity contribution in [2.75, 3.05) is 17.9 Å². The van der Waals surface area contributed by atoms with Gasteiger partial charge in [-0.1, -0.05) is 12.1 Å². The lowest BCUT2D eigenvalue weighted by Gasteiger charge is -2.10. The Labute approximate surface area is 122 Å². The minimum absolute atomic E-state index is 0.425. The number of hydrogen-bond acceptors (Lipinski definition) is 4. The number of hydrogen-bond donors (Lipinski definition) is 3. The van der Waals surface area contributed by atoms with E-state index in [4.69, 9.17) is 10.00 Å². The summed E-state index contributed by atoms with van der Waals surface area (Å²) in [4.78, 5) is 11.7. The first kappa shape index (κ1) is 14.2. The van der Waals surface area contributed by atoms with Gasteiger partial charge in [0.2, 0.25) is 0 Å². The van der Waals surface area contributed by atoms with Crippen molar-refractivity contribution < 1.29 is 9.53 Å². The van der Waals surface area contributed by atoms with Crippen molar-refractivity contribution >= 4 is 17.4 Å². The third kappa shape index (κ3) is 4.14. The van der Waals surface area contributed by atoms with Crippen molar-refractivity contribution in [2.45, 2.75) is 0 Å². The number of nitriles is 1. The van der Waals surface area contributed by atoms with Gasteiger partial charge < -0.3 is 10.1 Å². The molecule has 2 aromatic carbocycles. The van der Waals surface area contributed by atoms with E-state index >= 15 is 0 Å². The van der Waals surface area contributed by atoms with E-state index in [9.17, 15) is 4.79 Å². The fourth-order valence-electron chi connectivity index (χ4n) is 1.66. The molecule has 0 unspecified atom stereocenters. The molecular weight excluding hydrogens is 268 g/mol. The van der Waals surface area contributed by atoms with Crippen LogP contribution in [0, 0.1) is 11.3 Å². The first-order chi connectivity index (χ1) is 10.2. The number of carbonyl (C=O) groups is 1. The number of carbonyl (C=O) groups excluding carboxylic acids is 1. The van der Waals surface area contributed by atoms with Crippen LogP contribution < -0.4 is 20.9 Å². The number of nitrogens with one attached hydrogen (secondary N) is 3. The lowest BCUT2D eigenvalue weighted by Crippen LogP contribution is -2.33. The Morgan fingerprint density at radius 1 is 1.14 bits per heavy atom. The highest BCUT2D eigenvalue weighted by Gasteiger charge is 2.02. The number of urea groups is 1. The van der Waals surface area contributed by atoms with Gasteiger partial charge in [0, 0.05) is 11.8 Å². The van der Waals surface area contributed by atoms with Gasteiger partial charge in [0.15, 0.2) is 0 Å². The van der Waals surface area contributed by atoms with Crippen molar-refractivity contribution in [3.63, 3.8) is 0 Å². The summed E-state index contributed by atoms with van der Waals surface area (Å²) in [6.07, 6.45) is 0. The molecule has 6 heteroatoms. The number of ether oxygens (including phenoxy) is 1. The fourth-order valence-corrected chi connectivity index (χ4v) is 1.66. The lowest BCUT2D eigenvalue weighted by atomic mass is 10.2. The first-order valence-electron chi connectivity index (χ1n) is 6.18. The fraction of sp³-hybridized carbons (Fsp3) is 0.0667. The molecule has 0 aromatic heterocycles. The number of nitrogens with zero attached hydrogens (tertiary/aromatic N) is 1. The van der Waals surface area contributed by atoms with Crippen LogP contribution in [0.3, 0.4) is 0 Å². The van der Waals surface area contributed by atoms with Crippen LogP contribution in [0.15, 0.2) is 48.5 Å². The molecule has 0 spiro atoms. The summed E-state index contributed by atoms with van der Waals surface area (Å²) in [5.74, 6) is 0.655. The number of benzene rings is 2. The Hall–Kier alpha value is -3.20. The third-order valence-electron chi connectivity index (χ3n) is 2.64. The highest BCUT2D eigenvalue weighted by Crippen LogP contribution is 2.16. The van der Waals surface area contributed by atoms with Gasteiger partial charge in [0.25, 0.3) is 0 Å². The highest BCUT2D eigenvalue weighted by molar-refractivity contribution is 5.90. The molecule has 0 fully saturated rings. The smallest absolute Gasteiger partial charge is 0.337 e. The Morgan fingerprint density at radius 2 is 1.90 bits per heavy atom. The van der Waals surface area contributed by atoms with Gasteiger partial charge in [-0.25, -0.2) is 4.79 Å². The van der Waals surface area contributed by atoms with Gasteiger partial charge in [-0.2, -0.15) is 5.26 Å². The van der Waals surface area contributed by atoms with Gasteiger partial charge in [0.1, 0.15) is 5.75 Å². The van der Waals surface area contributed by atoms with Crippen LogP contribution in [0.5, 0.6) is 5.75 Å². The molecule has 6 nitrogen and oxygen atoms in total. The number of amides is 2. The first-order valence-corrected chi connectivity index (χ1v) is 6.18. The van der Waals surface area contributed by atoms with Crippen molar-refractivity contribution in [2.24, 2.45) is 0 Å². The van der Waals surface area contributed by atoms with E-state index in [0.717, 1.165) is 0 Å². The molecule has 0 heterocycles. The average Bonchev–Trinajstić information content (AvgIpc) is 2.53. The second kappa shape index (κ2) is 6.82. The zero-order chi connectivity index (χ0) is 15.1. The SMILES string of the molecule is COc1cccc(NC(=O)NNc2cccc(C#N)c2)c1. The van der Waals surface area contributed by atoms with Crippen LogP contribution in [0.4, 0.5) is 16.2 Å². The molecule has 0 atom stereocenters. The van der Waals surface area contributed by atoms with E-state index in [-0.39, 0.29) is 0 Å². The third-order valence-corrected chi connectivity index (χ3v) is 2.64. The van der Waals surface area contributed by atoms with Crippen LogP contribution in [0.1, 0.15) is 5.56 Å². The predicted octanol–water partition coefficient (Wildman–Crippen LogP) is 2.72. The molecule has 0 radical (unpaired) electrons. The standard InChI is InChI=1S/C15H14N4O2/c1-21-14-7-3-5-12(9-14)17-15(20)19-18-13-6-2-4-11(8-13)10-16/h2-9,18H,1H3,(H2,17,19,20). The molecular formula is C15H14N4O2. The molecule has 0 aliphatic carbocycles. The molecule has 106 valence electrons. The molecule has 3 N–H and O–H groups in total. The van der Waals surface area contributed by atoms with E-state index < -0.39 is 6.03 Å². The number of methoxy groups -OCH3 is 1. The summed E-state index contributed by atoms with van der Waals surface area (Å²) in [6, 6.07) is 15.4. The van der Waals surface area contributed by atoms with Crippen LogP contribution >= 0.6 is 0 Å². The number of hydrazine groups is 1. The molecule has 0 saturated carbocycles. The molecule has 2 aromatic rings. The maximum Gasteiger partial charge on any atom is 0.337 e. The number of rotatable bonds is 4.